The number of rotatable bonds is 6. The molecule has 0 N–H and O–H groups in total. The van der Waals surface area contributed by atoms with Crippen molar-refractivity contribution in [3.05, 3.63) is 35.2 Å². The van der Waals surface area contributed by atoms with Crippen LogP contribution in [0.2, 0.25) is 5.15 Å². The minimum Gasteiger partial charge on any atom is -0.458 e. The lowest BCUT2D eigenvalue weighted by Crippen LogP contribution is -2.36. The Kier molecular flexibility index (Phi) is 7.83. The van der Waals surface area contributed by atoms with E-state index in [1.807, 2.05) is 28.8 Å². The van der Waals surface area contributed by atoms with Crippen molar-refractivity contribution in [1.29, 1.82) is 0 Å². The molecule has 4 aromatic rings. The summed E-state index contributed by atoms with van der Waals surface area (Å²) in [5.41, 5.74) is 1.66. The van der Waals surface area contributed by atoms with E-state index in [2.05, 4.69) is 23.7 Å². The number of ether oxygens (including phenoxy) is 2. The SMILES string of the molecule is CCCCC#Cc1nc(Cl)c2nc(-c3nc4ccccc4s3)n([C@@H]3SC[C@@H](OC(C)=O)[C@H]3OC(C)=O)c2n1. The van der Waals surface area contributed by atoms with E-state index in [-0.39, 0.29) is 11.0 Å². The van der Waals surface area contributed by atoms with Crippen molar-refractivity contribution in [3.63, 3.8) is 0 Å². The van der Waals surface area contributed by atoms with Crippen molar-refractivity contribution in [2.75, 3.05) is 5.75 Å². The lowest BCUT2D eigenvalue weighted by molar-refractivity contribution is -0.163. The van der Waals surface area contributed by atoms with Gasteiger partial charge in [0.25, 0.3) is 0 Å². The third-order valence-electron chi connectivity index (χ3n) is 5.79. The minimum absolute atomic E-state index is 0.166. The van der Waals surface area contributed by atoms with Gasteiger partial charge in [0.2, 0.25) is 5.82 Å². The molecule has 1 aromatic carbocycles. The summed E-state index contributed by atoms with van der Waals surface area (Å²) in [7, 11) is 0. The highest BCUT2D eigenvalue weighted by Crippen LogP contribution is 2.45. The van der Waals surface area contributed by atoms with Gasteiger partial charge in [-0.3, -0.25) is 14.2 Å². The largest absolute Gasteiger partial charge is 0.458 e. The molecule has 0 amide bonds. The maximum Gasteiger partial charge on any atom is 0.303 e. The molecule has 0 saturated carbocycles. The highest BCUT2D eigenvalue weighted by atomic mass is 35.5. The van der Waals surface area contributed by atoms with E-state index in [4.69, 9.17) is 36.0 Å². The number of nitrogens with zero attached hydrogens (tertiary/aromatic N) is 5. The van der Waals surface area contributed by atoms with Crippen molar-refractivity contribution in [2.24, 2.45) is 0 Å². The van der Waals surface area contributed by atoms with E-state index in [0.717, 1.165) is 29.5 Å². The summed E-state index contributed by atoms with van der Waals surface area (Å²) in [4.78, 5) is 42.6. The first kappa shape index (κ1) is 26.4. The standard InChI is InChI=1S/C26H24ClN5O4S2/c1-4-5-6-7-12-19-29-22(27)20-23(30-19)32(24(31-20)25-28-16-10-8-9-11-18(16)38-25)26-21(36-15(3)34)17(13-37-26)35-14(2)33/h8-11,17,21,26H,4-6,13H2,1-3H3/t17-,21-,26-/m1/s1. The first-order chi connectivity index (χ1) is 18.4. The zero-order valence-electron chi connectivity index (χ0n) is 20.9. The van der Waals surface area contributed by atoms with Gasteiger partial charge >= 0.3 is 11.9 Å². The van der Waals surface area contributed by atoms with Gasteiger partial charge in [0.1, 0.15) is 10.9 Å². The van der Waals surface area contributed by atoms with Gasteiger partial charge in [0.15, 0.2) is 33.8 Å². The number of thioether (sulfide) groups is 1. The monoisotopic (exact) mass is 569 g/mol. The number of hydrogen-bond acceptors (Lipinski definition) is 10. The summed E-state index contributed by atoms with van der Waals surface area (Å²) in [5.74, 6) is 6.37. The molecule has 1 saturated heterocycles. The van der Waals surface area contributed by atoms with Crippen LogP contribution in [0.25, 0.3) is 32.2 Å². The number of carbonyl (C=O) groups is 2. The molecule has 1 fully saturated rings. The van der Waals surface area contributed by atoms with Crippen LogP contribution in [0.15, 0.2) is 24.3 Å². The molecule has 3 aromatic heterocycles. The number of imidazole rings is 1. The van der Waals surface area contributed by atoms with Crippen LogP contribution in [0.1, 0.15) is 51.2 Å². The Morgan fingerprint density at radius 1 is 1.13 bits per heavy atom. The lowest BCUT2D eigenvalue weighted by Gasteiger charge is -2.25. The maximum absolute atomic E-state index is 12.1. The molecule has 0 unspecified atom stereocenters. The van der Waals surface area contributed by atoms with Crippen molar-refractivity contribution in [1.82, 2.24) is 24.5 Å². The third kappa shape index (κ3) is 5.34. The summed E-state index contributed by atoms with van der Waals surface area (Å²) in [6.07, 6.45) is 1.32. The van der Waals surface area contributed by atoms with Crippen molar-refractivity contribution in [3.8, 4) is 22.7 Å². The first-order valence-corrected chi connectivity index (χ1v) is 14.4. The molecule has 38 heavy (non-hydrogen) atoms. The van der Waals surface area contributed by atoms with Gasteiger partial charge in [-0.2, -0.15) is 0 Å². The van der Waals surface area contributed by atoms with Crippen LogP contribution >= 0.6 is 34.7 Å². The fraction of sp³-hybridized carbons (Fsp3) is 0.385. The second kappa shape index (κ2) is 11.3. The van der Waals surface area contributed by atoms with Gasteiger partial charge < -0.3 is 9.47 Å². The Hall–Kier alpha value is -3.20. The predicted octanol–water partition coefficient (Wildman–Crippen LogP) is 5.41. The average molecular weight is 570 g/mol. The van der Waals surface area contributed by atoms with Crippen LogP contribution in [0.3, 0.4) is 0 Å². The first-order valence-electron chi connectivity index (χ1n) is 12.1. The second-order valence-electron chi connectivity index (χ2n) is 8.65. The lowest BCUT2D eigenvalue weighted by atomic mass is 10.2. The summed E-state index contributed by atoms with van der Waals surface area (Å²) in [6.45, 7) is 4.76. The van der Waals surface area contributed by atoms with Gasteiger partial charge in [-0.05, 0) is 24.5 Å². The molecule has 4 heterocycles. The van der Waals surface area contributed by atoms with Crippen LogP contribution in [0, 0.1) is 11.8 Å². The van der Waals surface area contributed by atoms with Crippen LogP contribution in [0.4, 0.5) is 0 Å². The number of unbranched alkanes of at least 4 members (excludes halogenated alkanes) is 2. The Morgan fingerprint density at radius 3 is 2.66 bits per heavy atom. The second-order valence-corrected chi connectivity index (χ2v) is 11.2. The van der Waals surface area contributed by atoms with Crippen LogP contribution < -0.4 is 0 Å². The predicted molar refractivity (Wildman–Crippen MR) is 148 cm³/mol. The molecule has 12 heteroatoms. The van der Waals surface area contributed by atoms with Crippen LogP contribution in [-0.4, -0.2) is 54.4 Å². The Bertz CT molecular complexity index is 1560. The zero-order valence-corrected chi connectivity index (χ0v) is 23.3. The van der Waals surface area contributed by atoms with Crippen molar-refractivity contribution >= 4 is 68.0 Å². The van der Waals surface area contributed by atoms with Gasteiger partial charge in [0.05, 0.1) is 10.2 Å². The summed E-state index contributed by atoms with van der Waals surface area (Å²) in [5, 5.41) is 0.301. The molecule has 1 aliphatic rings. The van der Waals surface area contributed by atoms with Crippen molar-refractivity contribution < 1.29 is 19.1 Å². The summed E-state index contributed by atoms with van der Waals surface area (Å²) >= 11 is 9.56. The van der Waals surface area contributed by atoms with Crippen molar-refractivity contribution in [2.45, 2.75) is 57.6 Å². The highest BCUT2D eigenvalue weighted by Gasteiger charge is 2.45. The molecule has 3 atom stereocenters. The molecule has 196 valence electrons. The molecule has 0 bridgehead atoms. The van der Waals surface area contributed by atoms with E-state index in [9.17, 15) is 9.59 Å². The molecular weight excluding hydrogens is 546 g/mol. The van der Waals surface area contributed by atoms with Gasteiger partial charge in [-0.15, -0.1) is 23.1 Å². The topological polar surface area (TPSA) is 109 Å². The van der Waals surface area contributed by atoms with Crippen LogP contribution in [-0.2, 0) is 19.1 Å². The van der Waals surface area contributed by atoms with Gasteiger partial charge in [0, 0.05) is 26.0 Å². The molecule has 0 spiro atoms. The molecule has 9 nitrogen and oxygen atoms in total. The fourth-order valence-corrected chi connectivity index (χ4v) is 6.76. The van der Waals surface area contributed by atoms with E-state index >= 15 is 0 Å². The normalized spacial score (nSPS) is 18.9. The molecule has 0 radical (unpaired) electrons. The maximum atomic E-state index is 12.1. The number of benzene rings is 1. The average Bonchev–Trinajstić information content (AvgIpc) is 3.57. The fourth-order valence-electron chi connectivity index (χ4n) is 4.19. The number of aromatic nitrogens is 5. The quantitative estimate of drug-likeness (QED) is 0.130. The molecule has 1 aliphatic heterocycles. The number of hydrogen-bond donors (Lipinski definition) is 0. The Morgan fingerprint density at radius 2 is 1.92 bits per heavy atom. The van der Waals surface area contributed by atoms with E-state index in [0.29, 0.717) is 27.7 Å². The summed E-state index contributed by atoms with van der Waals surface area (Å²) in [6, 6.07) is 7.80. The third-order valence-corrected chi connectivity index (χ3v) is 8.43. The number of esters is 2. The smallest absolute Gasteiger partial charge is 0.303 e. The zero-order chi connectivity index (χ0) is 26.8. The molecule has 5 rings (SSSR count). The Labute approximate surface area is 232 Å². The number of carbonyl (C=O) groups excluding carboxylic acids is 2. The molecule has 0 aliphatic carbocycles. The number of para-hydroxylation sites is 1. The number of halogens is 1. The minimum atomic E-state index is -0.778. The molecular formula is C26H24ClN5O4S2. The van der Waals surface area contributed by atoms with Crippen LogP contribution in [0.5, 0.6) is 0 Å². The van der Waals surface area contributed by atoms with Gasteiger partial charge in [-0.1, -0.05) is 43.0 Å². The number of thiazole rings is 1. The van der Waals surface area contributed by atoms with E-state index in [1.54, 1.807) is 0 Å². The summed E-state index contributed by atoms with van der Waals surface area (Å²) < 4.78 is 14.1. The number of fused-ring (bicyclic) bond motifs is 2. The Balaban J connectivity index is 1.70. The van der Waals surface area contributed by atoms with Gasteiger partial charge in [-0.25, -0.2) is 19.9 Å². The van der Waals surface area contributed by atoms with E-state index < -0.39 is 29.5 Å². The van der Waals surface area contributed by atoms with E-state index in [1.165, 1.54) is 36.9 Å². The highest BCUT2D eigenvalue weighted by molar-refractivity contribution is 7.99.